The Morgan fingerprint density at radius 1 is 1.19 bits per heavy atom. The third kappa shape index (κ3) is 3.83. The minimum Gasteiger partial charge on any atom is -0.464 e. The van der Waals surface area contributed by atoms with E-state index in [1.807, 2.05) is 6.92 Å². The minimum absolute atomic E-state index is 0.192. The molecule has 27 heavy (non-hydrogen) atoms. The standard InChI is InChI=1S/C18H24N2O6S/c1-6-8-9-26-16(23)18(4,5)20-14(21)11-10(3)12(15(22)25-7-2)27-13(11)19-17(20)24/h6-9H2,1-5H3,(H,19,24). The lowest BCUT2D eigenvalue weighted by Gasteiger charge is -2.24. The van der Waals surface area contributed by atoms with E-state index in [2.05, 4.69) is 4.98 Å². The van der Waals surface area contributed by atoms with Crippen molar-refractivity contribution in [3.8, 4) is 0 Å². The molecule has 0 atom stereocenters. The van der Waals surface area contributed by atoms with E-state index in [1.165, 1.54) is 13.8 Å². The van der Waals surface area contributed by atoms with Gasteiger partial charge in [0.1, 0.15) is 15.2 Å². The highest BCUT2D eigenvalue weighted by molar-refractivity contribution is 7.20. The summed E-state index contributed by atoms with van der Waals surface area (Å²) in [4.78, 5) is 53.2. The minimum atomic E-state index is -1.49. The molecule has 2 heterocycles. The quantitative estimate of drug-likeness (QED) is 0.568. The molecule has 0 saturated carbocycles. The normalized spacial score (nSPS) is 11.6. The van der Waals surface area contributed by atoms with Crippen LogP contribution < -0.4 is 11.2 Å². The number of carbonyl (C=O) groups is 2. The van der Waals surface area contributed by atoms with Gasteiger partial charge in [-0.25, -0.2) is 19.0 Å². The molecule has 0 aromatic carbocycles. The van der Waals surface area contributed by atoms with Gasteiger partial charge < -0.3 is 9.47 Å². The van der Waals surface area contributed by atoms with Gasteiger partial charge in [-0.2, -0.15) is 0 Å². The second-order valence-electron chi connectivity index (χ2n) is 6.60. The van der Waals surface area contributed by atoms with Crippen molar-refractivity contribution in [3.63, 3.8) is 0 Å². The molecule has 148 valence electrons. The number of esters is 2. The zero-order valence-electron chi connectivity index (χ0n) is 16.1. The second-order valence-corrected chi connectivity index (χ2v) is 7.62. The van der Waals surface area contributed by atoms with E-state index in [4.69, 9.17) is 9.47 Å². The highest BCUT2D eigenvalue weighted by atomic mass is 32.1. The second kappa shape index (κ2) is 8.08. The number of aromatic amines is 1. The van der Waals surface area contributed by atoms with Gasteiger partial charge in [-0.1, -0.05) is 13.3 Å². The van der Waals surface area contributed by atoms with Crippen LogP contribution in [0.5, 0.6) is 0 Å². The van der Waals surface area contributed by atoms with Crippen molar-refractivity contribution in [2.24, 2.45) is 0 Å². The SMILES string of the molecule is CCCCOC(=O)C(C)(C)n1c(=O)[nH]c2sc(C(=O)OCC)c(C)c2c1=O. The molecule has 2 aromatic heterocycles. The summed E-state index contributed by atoms with van der Waals surface area (Å²) in [7, 11) is 0. The van der Waals surface area contributed by atoms with Crippen LogP contribution >= 0.6 is 11.3 Å². The number of nitrogens with zero attached hydrogens (tertiary/aromatic N) is 1. The van der Waals surface area contributed by atoms with Crippen molar-refractivity contribution < 1.29 is 19.1 Å². The van der Waals surface area contributed by atoms with Gasteiger partial charge in [-0.15, -0.1) is 11.3 Å². The van der Waals surface area contributed by atoms with Crippen LogP contribution in [0.25, 0.3) is 10.2 Å². The smallest absolute Gasteiger partial charge is 0.348 e. The van der Waals surface area contributed by atoms with E-state index in [0.717, 1.165) is 22.3 Å². The van der Waals surface area contributed by atoms with Crippen LogP contribution in [0.2, 0.25) is 0 Å². The monoisotopic (exact) mass is 396 g/mol. The average Bonchev–Trinajstić information content (AvgIpc) is 2.91. The van der Waals surface area contributed by atoms with Gasteiger partial charge in [0, 0.05) is 0 Å². The van der Waals surface area contributed by atoms with Crippen LogP contribution in [-0.2, 0) is 19.8 Å². The largest absolute Gasteiger partial charge is 0.464 e. The van der Waals surface area contributed by atoms with E-state index in [0.29, 0.717) is 12.0 Å². The third-order valence-corrected chi connectivity index (χ3v) is 5.43. The summed E-state index contributed by atoms with van der Waals surface area (Å²) in [5.41, 5.74) is -2.46. The number of unbranched alkanes of at least 4 members (excludes halogenated alkanes) is 1. The van der Waals surface area contributed by atoms with Crippen LogP contribution in [0.3, 0.4) is 0 Å². The molecule has 0 fully saturated rings. The van der Waals surface area contributed by atoms with Gasteiger partial charge in [0.25, 0.3) is 5.56 Å². The first-order chi connectivity index (χ1) is 12.7. The summed E-state index contributed by atoms with van der Waals surface area (Å²) >= 11 is 0.985. The number of H-pyrrole nitrogens is 1. The van der Waals surface area contributed by atoms with Crippen molar-refractivity contribution in [2.75, 3.05) is 13.2 Å². The number of hydrogen-bond donors (Lipinski definition) is 1. The molecule has 2 rings (SSSR count). The molecule has 0 aliphatic rings. The van der Waals surface area contributed by atoms with Crippen LogP contribution in [0.4, 0.5) is 0 Å². The molecule has 0 radical (unpaired) electrons. The Hall–Kier alpha value is -2.42. The molecule has 1 N–H and O–H groups in total. The number of nitrogens with one attached hydrogen (secondary N) is 1. The van der Waals surface area contributed by atoms with Gasteiger partial charge >= 0.3 is 17.6 Å². The Kier molecular flexibility index (Phi) is 6.25. The molecule has 9 heteroatoms. The maximum atomic E-state index is 13.0. The fourth-order valence-corrected chi connectivity index (χ4v) is 3.77. The van der Waals surface area contributed by atoms with Gasteiger partial charge in [-0.05, 0) is 39.7 Å². The molecule has 0 spiro atoms. The number of aromatic nitrogens is 2. The van der Waals surface area contributed by atoms with Crippen molar-refractivity contribution in [1.29, 1.82) is 0 Å². The molecule has 0 aliphatic heterocycles. The highest BCUT2D eigenvalue weighted by Gasteiger charge is 2.36. The van der Waals surface area contributed by atoms with Crippen molar-refractivity contribution in [2.45, 2.75) is 53.0 Å². The molecule has 0 saturated heterocycles. The predicted molar refractivity (Wildman–Crippen MR) is 103 cm³/mol. The Morgan fingerprint density at radius 3 is 2.44 bits per heavy atom. The van der Waals surface area contributed by atoms with Gasteiger partial charge in [0.15, 0.2) is 0 Å². The lowest BCUT2D eigenvalue weighted by molar-refractivity contribution is -0.153. The Morgan fingerprint density at radius 2 is 1.85 bits per heavy atom. The number of thiophene rings is 1. The average molecular weight is 396 g/mol. The third-order valence-electron chi connectivity index (χ3n) is 4.24. The summed E-state index contributed by atoms with van der Waals surface area (Å²) in [5, 5.41) is 0.192. The number of fused-ring (bicyclic) bond motifs is 1. The Labute approximate surface area is 160 Å². The van der Waals surface area contributed by atoms with Crippen LogP contribution in [0, 0.1) is 6.92 Å². The van der Waals surface area contributed by atoms with E-state index >= 15 is 0 Å². The van der Waals surface area contributed by atoms with E-state index in [9.17, 15) is 19.2 Å². The molecule has 0 amide bonds. The lowest BCUT2D eigenvalue weighted by Crippen LogP contribution is -2.51. The zero-order valence-corrected chi connectivity index (χ0v) is 16.9. The maximum absolute atomic E-state index is 13.0. The van der Waals surface area contributed by atoms with E-state index < -0.39 is 28.7 Å². The number of hydrogen-bond acceptors (Lipinski definition) is 7. The number of carbonyl (C=O) groups excluding carboxylic acids is 2. The molecular formula is C18H24N2O6S. The fourth-order valence-electron chi connectivity index (χ4n) is 2.69. The summed E-state index contributed by atoms with van der Waals surface area (Å²) in [6.07, 6.45) is 1.55. The first-order valence-corrected chi connectivity index (χ1v) is 9.61. The fraction of sp³-hybridized carbons (Fsp3) is 0.556. The lowest BCUT2D eigenvalue weighted by atomic mass is 10.1. The van der Waals surface area contributed by atoms with Crippen LogP contribution in [0.15, 0.2) is 9.59 Å². The molecule has 0 aliphatic carbocycles. The first kappa shape index (κ1) is 20.9. The van der Waals surface area contributed by atoms with Gasteiger partial charge in [0.05, 0.1) is 18.6 Å². The van der Waals surface area contributed by atoms with E-state index in [-0.39, 0.29) is 28.3 Å². The summed E-state index contributed by atoms with van der Waals surface area (Å²) in [5.74, 6) is -1.22. The molecule has 8 nitrogen and oxygen atoms in total. The zero-order chi connectivity index (χ0) is 20.4. The topological polar surface area (TPSA) is 107 Å². The van der Waals surface area contributed by atoms with Crippen molar-refractivity contribution in [3.05, 3.63) is 31.3 Å². The van der Waals surface area contributed by atoms with Gasteiger partial charge in [0.2, 0.25) is 0 Å². The van der Waals surface area contributed by atoms with Crippen LogP contribution in [-0.4, -0.2) is 34.7 Å². The number of ether oxygens (including phenoxy) is 2. The van der Waals surface area contributed by atoms with Gasteiger partial charge in [-0.3, -0.25) is 9.78 Å². The van der Waals surface area contributed by atoms with Crippen molar-refractivity contribution >= 4 is 33.5 Å². The number of aryl methyl sites for hydroxylation is 1. The van der Waals surface area contributed by atoms with Crippen LogP contribution in [0.1, 0.15) is 55.8 Å². The Bertz CT molecular complexity index is 982. The molecule has 0 unspecified atom stereocenters. The van der Waals surface area contributed by atoms with E-state index in [1.54, 1.807) is 13.8 Å². The highest BCUT2D eigenvalue weighted by Crippen LogP contribution is 2.27. The molecule has 0 bridgehead atoms. The summed E-state index contributed by atoms with van der Waals surface area (Å²) < 4.78 is 11.0. The summed E-state index contributed by atoms with van der Waals surface area (Å²) in [6.45, 7) is 8.59. The summed E-state index contributed by atoms with van der Waals surface area (Å²) in [6, 6.07) is 0. The maximum Gasteiger partial charge on any atom is 0.348 e. The molecular weight excluding hydrogens is 372 g/mol. The number of rotatable bonds is 7. The Balaban J connectivity index is 2.60. The first-order valence-electron chi connectivity index (χ1n) is 8.80. The predicted octanol–water partition coefficient (Wildman–Crippen LogP) is 2.31. The van der Waals surface area contributed by atoms with Crippen molar-refractivity contribution in [1.82, 2.24) is 9.55 Å². The molecule has 2 aromatic rings.